The van der Waals surface area contributed by atoms with Crippen molar-refractivity contribution in [3.63, 3.8) is 0 Å². The van der Waals surface area contributed by atoms with E-state index in [2.05, 4.69) is 0 Å². The van der Waals surface area contributed by atoms with E-state index in [9.17, 15) is 31.1 Å². The van der Waals surface area contributed by atoms with Gasteiger partial charge in [-0.25, -0.2) is 12.8 Å². The zero-order chi connectivity index (χ0) is 27.2. The van der Waals surface area contributed by atoms with Crippen LogP contribution in [0.25, 0.3) is 11.1 Å². The fourth-order valence-corrected chi connectivity index (χ4v) is 7.36. The Morgan fingerprint density at radius 3 is 2.29 bits per heavy atom. The van der Waals surface area contributed by atoms with Crippen molar-refractivity contribution in [3.8, 4) is 11.1 Å². The number of alkyl halides is 3. The fraction of sp³-hybridized carbons (Fsp3) is 0.357. The molecule has 0 aromatic heterocycles. The molecule has 0 spiro atoms. The molecule has 0 unspecified atom stereocenters. The molecular weight excluding hydrogens is 520 g/mol. The third-order valence-electron chi connectivity index (χ3n) is 7.58. The van der Waals surface area contributed by atoms with Gasteiger partial charge in [0.15, 0.2) is 0 Å². The Bertz CT molecular complexity index is 1430. The first-order chi connectivity index (χ1) is 18.0. The molecule has 2 heterocycles. The second-order valence-corrected chi connectivity index (χ2v) is 11.8. The van der Waals surface area contributed by atoms with Gasteiger partial charge in [0, 0.05) is 31.6 Å². The number of hydrogen-bond acceptors (Lipinski definition) is 4. The Morgan fingerprint density at radius 2 is 1.61 bits per heavy atom. The van der Waals surface area contributed by atoms with Crippen LogP contribution < -0.4 is 0 Å². The molecule has 5 rings (SSSR count). The first-order valence-electron chi connectivity index (χ1n) is 12.5. The molecule has 1 N–H and O–H groups in total. The average molecular weight is 549 g/mol. The summed E-state index contributed by atoms with van der Waals surface area (Å²) in [5, 5.41) is 11.0. The lowest BCUT2D eigenvalue weighted by Gasteiger charge is -2.55. The van der Waals surface area contributed by atoms with Gasteiger partial charge in [0.05, 0.1) is 10.5 Å². The third kappa shape index (κ3) is 4.75. The molecule has 10 heteroatoms. The second-order valence-electron chi connectivity index (χ2n) is 9.86. The lowest BCUT2D eigenvalue weighted by molar-refractivity contribution is -0.148. The van der Waals surface area contributed by atoms with Crippen LogP contribution in [0.3, 0.4) is 0 Å². The minimum atomic E-state index is -4.85. The molecule has 202 valence electrons. The minimum absolute atomic E-state index is 0.183. The second kappa shape index (κ2) is 10.1. The molecule has 3 aromatic rings. The maximum Gasteiger partial charge on any atom is 0.419 e. The smallest absolute Gasteiger partial charge is 0.378 e. The molecule has 0 radical (unpaired) electrons. The third-order valence-corrected chi connectivity index (χ3v) is 9.61. The zero-order valence-electron chi connectivity index (χ0n) is 20.7. The first kappa shape index (κ1) is 26.8. The molecule has 0 amide bonds. The number of halogens is 4. The Morgan fingerprint density at radius 1 is 0.921 bits per heavy atom. The summed E-state index contributed by atoms with van der Waals surface area (Å²) >= 11 is 0. The highest BCUT2D eigenvalue weighted by Gasteiger charge is 2.50. The van der Waals surface area contributed by atoms with E-state index < -0.39 is 39.7 Å². The van der Waals surface area contributed by atoms with Gasteiger partial charge in [-0.1, -0.05) is 54.6 Å². The maximum atomic E-state index is 14.1. The average Bonchev–Trinajstić information content (AvgIpc) is 2.85. The van der Waals surface area contributed by atoms with E-state index in [1.807, 2.05) is 4.90 Å². The summed E-state index contributed by atoms with van der Waals surface area (Å²) in [4.78, 5) is 2.13. The highest BCUT2D eigenvalue weighted by molar-refractivity contribution is 7.89. The van der Waals surface area contributed by atoms with Crippen molar-refractivity contribution >= 4 is 10.0 Å². The molecule has 0 saturated carbocycles. The van der Waals surface area contributed by atoms with Crippen LogP contribution in [-0.4, -0.2) is 54.6 Å². The number of benzene rings is 3. The standard InChI is InChI=1S/C28H28F4N2O3S/c1-18-7-2-3-10-24(18)38(36,37)33-15-4-5-16-34-23(17-33)25(27(34)35)20-13-11-19(12-14-20)21-8-6-9-22(29)26(21)28(30,31)32/h2-3,6-14,23,25,27,35H,4-5,15-17H2,1H3/t23-,25-,27+/m0/s1. The van der Waals surface area contributed by atoms with Gasteiger partial charge in [-0.3, -0.25) is 4.90 Å². The number of hydrogen-bond donors (Lipinski definition) is 1. The summed E-state index contributed by atoms with van der Waals surface area (Å²) in [6.07, 6.45) is -4.31. The van der Waals surface area contributed by atoms with Crippen molar-refractivity contribution in [2.75, 3.05) is 19.6 Å². The van der Waals surface area contributed by atoms with Crippen molar-refractivity contribution < 1.29 is 31.1 Å². The molecule has 2 aliphatic rings. The van der Waals surface area contributed by atoms with Crippen molar-refractivity contribution in [1.29, 1.82) is 0 Å². The largest absolute Gasteiger partial charge is 0.419 e. The summed E-state index contributed by atoms with van der Waals surface area (Å²) in [6, 6.07) is 16.0. The predicted molar refractivity (Wildman–Crippen MR) is 135 cm³/mol. The van der Waals surface area contributed by atoms with Crippen LogP contribution in [0.2, 0.25) is 0 Å². The molecule has 3 aromatic carbocycles. The van der Waals surface area contributed by atoms with E-state index in [0.717, 1.165) is 12.5 Å². The Hall–Kier alpha value is -2.79. The van der Waals surface area contributed by atoms with Gasteiger partial charge in [-0.2, -0.15) is 17.5 Å². The monoisotopic (exact) mass is 548 g/mol. The molecule has 38 heavy (non-hydrogen) atoms. The van der Waals surface area contributed by atoms with Gasteiger partial charge in [-0.15, -0.1) is 0 Å². The van der Waals surface area contributed by atoms with Crippen LogP contribution in [0.4, 0.5) is 17.6 Å². The molecule has 0 aliphatic carbocycles. The number of sulfonamides is 1. The number of aryl methyl sites for hydroxylation is 1. The Kier molecular flexibility index (Phi) is 7.10. The highest BCUT2D eigenvalue weighted by Crippen LogP contribution is 2.43. The number of aliphatic hydroxyl groups excluding tert-OH is 1. The van der Waals surface area contributed by atoms with Gasteiger partial charge >= 0.3 is 6.18 Å². The van der Waals surface area contributed by atoms with Crippen molar-refractivity contribution in [2.45, 2.75) is 49.0 Å². The van der Waals surface area contributed by atoms with Crippen molar-refractivity contribution in [1.82, 2.24) is 9.21 Å². The topological polar surface area (TPSA) is 60.9 Å². The van der Waals surface area contributed by atoms with Crippen LogP contribution in [0, 0.1) is 12.7 Å². The van der Waals surface area contributed by atoms with Gasteiger partial charge in [0.25, 0.3) is 0 Å². The van der Waals surface area contributed by atoms with Crippen LogP contribution in [0.5, 0.6) is 0 Å². The van der Waals surface area contributed by atoms with Crippen molar-refractivity contribution in [2.24, 2.45) is 0 Å². The zero-order valence-corrected chi connectivity index (χ0v) is 21.5. The van der Waals surface area contributed by atoms with Crippen LogP contribution in [-0.2, 0) is 16.2 Å². The molecule has 5 nitrogen and oxygen atoms in total. The first-order valence-corrected chi connectivity index (χ1v) is 13.9. The van der Waals surface area contributed by atoms with Gasteiger partial charge in [-0.05, 0) is 54.2 Å². The van der Waals surface area contributed by atoms with E-state index in [1.165, 1.54) is 28.6 Å². The van der Waals surface area contributed by atoms with Crippen LogP contribution in [0.1, 0.15) is 35.4 Å². The molecule has 0 bridgehead atoms. The lowest BCUT2D eigenvalue weighted by atomic mass is 9.79. The predicted octanol–water partition coefficient (Wildman–Crippen LogP) is 5.39. The lowest BCUT2D eigenvalue weighted by Crippen LogP contribution is -2.66. The number of nitrogens with zero attached hydrogens (tertiary/aromatic N) is 2. The quantitative estimate of drug-likeness (QED) is 0.444. The van der Waals surface area contributed by atoms with E-state index >= 15 is 0 Å². The van der Waals surface area contributed by atoms with E-state index in [0.29, 0.717) is 30.6 Å². The number of fused-ring (bicyclic) bond motifs is 1. The summed E-state index contributed by atoms with van der Waals surface area (Å²) in [7, 11) is -3.76. The molecular formula is C28H28F4N2O3S. The normalized spacial score (nSPS) is 23.3. The van der Waals surface area contributed by atoms with Crippen LogP contribution >= 0.6 is 0 Å². The van der Waals surface area contributed by atoms with Gasteiger partial charge in [0.2, 0.25) is 10.0 Å². The number of rotatable bonds is 4. The number of aliphatic hydroxyl groups is 1. The summed E-state index contributed by atoms with van der Waals surface area (Å²) < 4.78 is 83.2. The molecule has 2 fully saturated rings. The SMILES string of the molecule is Cc1ccccc1S(=O)(=O)N1CCCCN2[C@H](O)[C@@H](c3ccc(-c4cccc(F)c4C(F)(F)F)cc3)[C@@H]2C1. The molecule has 2 saturated heterocycles. The van der Waals surface area contributed by atoms with Crippen LogP contribution in [0.15, 0.2) is 71.6 Å². The Balaban J connectivity index is 1.44. The molecule has 3 atom stereocenters. The maximum absolute atomic E-state index is 14.1. The van der Waals surface area contributed by atoms with E-state index in [-0.39, 0.29) is 28.6 Å². The van der Waals surface area contributed by atoms with Gasteiger partial charge < -0.3 is 5.11 Å². The van der Waals surface area contributed by atoms with E-state index in [4.69, 9.17) is 0 Å². The van der Waals surface area contributed by atoms with E-state index in [1.54, 1.807) is 43.3 Å². The summed E-state index contributed by atoms with van der Waals surface area (Å²) in [6.45, 7) is 2.92. The minimum Gasteiger partial charge on any atom is -0.378 e. The summed E-state index contributed by atoms with van der Waals surface area (Å²) in [5.41, 5.74) is -0.0438. The highest BCUT2D eigenvalue weighted by atomic mass is 32.2. The van der Waals surface area contributed by atoms with Crippen molar-refractivity contribution in [3.05, 3.63) is 89.2 Å². The summed E-state index contributed by atoms with van der Waals surface area (Å²) in [5.74, 6) is -1.76. The molecule has 2 aliphatic heterocycles. The van der Waals surface area contributed by atoms with Gasteiger partial charge in [0.1, 0.15) is 12.0 Å². The Labute approximate surface area is 219 Å². The fourth-order valence-electron chi connectivity index (χ4n) is 5.64.